The van der Waals surface area contributed by atoms with Gasteiger partial charge in [0, 0.05) is 17.9 Å². The summed E-state index contributed by atoms with van der Waals surface area (Å²) in [5, 5.41) is 0. The van der Waals surface area contributed by atoms with Crippen LogP contribution >= 0.6 is 0 Å². The third-order valence-corrected chi connectivity index (χ3v) is 7.94. The van der Waals surface area contributed by atoms with Crippen LogP contribution in [-0.4, -0.2) is 17.3 Å². The van der Waals surface area contributed by atoms with E-state index in [2.05, 4.69) is 66.7 Å². The van der Waals surface area contributed by atoms with Gasteiger partial charge in [-0.1, -0.05) is 82.5 Å². The monoisotopic (exact) mass is 504 g/mol. The first-order chi connectivity index (χ1) is 17.5. The number of fused-ring (bicyclic) bond motifs is 1. The Labute approximate surface area is 225 Å². The van der Waals surface area contributed by atoms with E-state index in [4.69, 9.17) is 0 Å². The van der Waals surface area contributed by atoms with Crippen LogP contribution in [0.1, 0.15) is 117 Å². The Balaban J connectivity index is 0.000000591. The summed E-state index contributed by atoms with van der Waals surface area (Å²) in [6.45, 7) is 16.4. The summed E-state index contributed by atoms with van der Waals surface area (Å²) < 4.78 is 0. The van der Waals surface area contributed by atoms with Crippen LogP contribution in [0.5, 0.6) is 0 Å². The Hall–Kier alpha value is -2.55. The van der Waals surface area contributed by atoms with Crippen molar-refractivity contribution in [1.29, 1.82) is 0 Å². The lowest BCUT2D eigenvalue weighted by atomic mass is 9.70. The first-order valence-electron chi connectivity index (χ1n) is 14.2. The Morgan fingerprint density at radius 2 is 1.65 bits per heavy atom. The van der Waals surface area contributed by atoms with E-state index < -0.39 is 0 Å². The zero-order valence-corrected chi connectivity index (χ0v) is 24.4. The van der Waals surface area contributed by atoms with E-state index in [0.717, 1.165) is 43.2 Å². The molecule has 3 unspecified atom stereocenters. The van der Waals surface area contributed by atoms with Gasteiger partial charge in [-0.05, 0) is 87.0 Å². The summed E-state index contributed by atoms with van der Waals surface area (Å²) in [5.41, 5.74) is 7.16. The summed E-state index contributed by atoms with van der Waals surface area (Å²) in [6, 6.07) is 12.5. The van der Waals surface area contributed by atoms with E-state index >= 15 is 0 Å². The molecule has 0 fully saturated rings. The van der Waals surface area contributed by atoms with E-state index in [-0.39, 0.29) is 41.5 Å². The van der Waals surface area contributed by atoms with Crippen LogP contribution in [0.3, 0.4) is 0 Å². The zero-order chi connectivity index (χ0) is 27.7. The lowest BCUT2D eigenvalue weighted by molar-refractivity contribution is -0.129. The van der Waals surface area contributed by atoms with Crippen LogP contribution in [0, 0.1) is 38.5 Å². The standard InChI is InChI=1S/C27H40O3.C7H8/c1-8-10-21(22(9-2)25(29)12-18(6)28)13-20-14-24-23(16(3)4)11-17(5)19(7)27(24)26(30)15-20;1-7-5-3-2-4-6-7/h11,16,20-22H,8-10,12-15H2,1-7H3;2-6H,1H3. The molecule has 0 N–H and O–H groups in total. The van der Waals surface area contributed by atoms with Crippen LogP contribution in [-0.2, 0) is 16.0 Å². The molecule has 3 heteroatoms. The molecular weight excluding hydrogens is 456 g/mol. The predicted molar refractivity (Wildman–Crippen MR) is 154 cm³/mol. The predicted octanol–water partition coefficient (Wildman–Crippen LogP) is 8.55. The fraction of sp³-hybridized carbons (Fsp3) is 0.559. The smallest absolute Gasteiger partial charge is 0.163 e. The number of aryl methyl sites for hydroxylation is 2. The molecule has 0 heterocycles. The number of rotatable bonds is 10. The zero-order valence-electron chi connectivity index (χ0n) is 24.4. The van der Waals surface area contributed by atoms with Gasteiger partial charge in [0.1, 0.15) is 11.6 Å². The highest BCUT2D eigenvalue weighted by Crippen LogP contribution is 2.39. The molecule has 0 spiro atoms. The van der Waals surface area contributed by atoms with E-state index in [1.54, 1.807) is 0 Å². The highest BCUT2D eigenvalue weighted by molar-refractivity contribution is 6.01. The first-order valence-corrected chi connectivity index (χ1v) is 14.2. The molecule has 3 rings (SSSR count). The van der Waals surface area contributed by atoms with Gasteiger partial charge in [0.05, 0.1) is 6.42 Å². The quantitative estimate of drug-likeness (QED) is 0.305. The molecule has 0 aromatic heterocycles. The molecular formula is C34H48O3. The molecule has 0 bridgehead atoms. The Morgan fingerprint density at radius 3 is 2.14 bits per heavy atom. The minimum absolute atomic E-state index is 0.0428. The second-order valence-electron chi connectivity index (χ2n) is 11.4. The SMILES string of the molecule is CCCC(CC1CC(=O)c2c(C)c(C)cc(C(C)C)c2C1)C(CC)C(=O)CC(C)=O.Cc1ccccc1. The van der Waals surface area contributed by atoms with Gasteiger partial charge >= 0.3 is 0 Å². The summed E-state index contributed by atoms with van der Waals surface area (Å²) in [6.07, 6.45) is 5.20. The maximum absolute atomic E-state index is 13.2. The molecule has 0 saturated heterocycles. The molecule has 0 saturated carbocycles. The maximum atomic E-state index is 13.2. The largest absolute Gasteiger partial charge is 0.300 e. The molecule has 0 radical (unpaired) electrons. The Morgan fingerprint density at radius 1 is 1.00 bits per heavy atom. The molecule has 3 nitrogen and oxygen atoms in total. The molecule has 2 aromatic carbocycles. The lowest BCUT2D eigenvalue weighted by Crippen LogP contribution is -2.30. The average Bonchev–Trinajstić information content (AvgIpc) is 2.82. The highest BCUT2D eigenvalue weighted by Gasteiger charge is 2.34. The van der Waals surface area contributed by atoms with Gasteiger partial charge in [-0.15, -0.1) is 0 Å². The Kier molecular flexibility index (Phi) is 11.9. The van der Waals surface area contributed by atoms with Crippen molar-refractivity contribution in [3.8, 4) is 0 Å². The highest BCUT2D eigenvalue weighted by atomic mass is 16.1. The van der Waals surface area contributed by atoms with Crippen LogP contribution in [0.15, 0.2) is 36.4 Å². The van der Waals surface area contributed by atoms with Gasteiger partial charge in [-0.3, -0.25) is 14.4 Å². The molecule has 1 aliphatic rings. The molecule has 0 aliphatic heterocycles. The summed E-state index contributed by atoms with van der Waals surface area (Å²) >= 11 is 0. The average molecular weight is 505 g/mol. The van der Waals surface area contributed by atoms with E-state index in [1.807, 2.05) is 18.2 Å². The van der Waals surface area contributed by atoms with Gasteiger partial charge in [0.25, 0.3) is 0 Å². The van der Waals surface area contributed by atoms with Crippen molar-refractivity contribution in [2.24, 2.45) is 17.8 Å². The fourth-order valence-corrected chi connectivity index (χ4v) is 6.02. The number of carbonyl (C=O) groups is 3. The molecule has 1 aliphatic carbocycles. The molecule has 37 heavy (non-hydrogen) atoms. The number of carbonyl (C=O) groups excluding carboxylic acids is 3. The van der Waals surface area contributed by atoms with Crippen LogP contribution < -0.4 is 0 Å². The van der Waals surface area contributed by atoms with Crippen molar-refractivity contribution < 1.29 is 14.4 Å². The van der Waals surface area contributed by atoms with Gasteiger partial charge in [0.2, 0.25) is 0 Å². The van der Waals surface area contributed by atoms with E-state index in [9.17, 15) is 14.4 Å². The number of Topliss-reactive ketones (excluding diaryl/α,β-unsaturated/α-hetero) is 3. The van der Waals surface area contributed by atoms with Crippen molar-refractivity contribution in [2.75, 3.05) is 0 Å². The van der Waals surface area contributed by atoms with Crippen molar-refractivity contribution in [1.82, 2.24) is 0 Å². The van der Waals surface area contributed by atoms with Crippen molar-refractivity contribution in [3.05, 3.63) is 69.8 Å². The van der Waals surface area contributed by atoms with E-state index in [0.29, 0.717) is 12.3 Å². The van der Waals surface area contributed by atoms with Crippen LogP contribution in [0.4, 0.5) is 0 Å². The number of benzene rings is 2. The molecule has 0 amide bonds. The number of hydrogen-bond acceptors (Lipinski definition) is 3. The number of hydrogen-bond donors (Lipinski definition) is 0. The third-order valence-electron chi connectivity index (χ3n) is 7.94. The summed E-state index contributed by atoms with van der Waals surface area (Å²) in [7, 11) is 0. The summed E-state index contributed by atoms with van der Waals surface area (Å²) in [5.74, 6) is 1.14. The first kappa shape index (κ1) is 30.7. The number of ketones is 3. The van der Waals surface area contributed by atoms with Gasteiger partial charge in [-0.25, -0.2) is 0 Å². The third kappa shape index (κ3) is 8.48. The molecule has 202 valence electrons. The minimum Gasteiger partial charge on any atom is -0.300 e. The second kappa shape index (κ2) is 14.4. The van der Waals surface area contributed by atoms with Crippen LogP contribution in [0.25, 0.3) is 0 Å². The van der Waals surface area contributed by atoms with Crippen LogP contribution in [0.2, 0.25) is 0 Å². The molecule has 2 aromatic rings. The van der Waals surface area contributed by atoms with Crippen molar-refractivity contribution in [2.45, 2.75) is 106 Å². The molecule has 3 atom stereocenters. The summed E-state index contributed by atoms with van der Waals surface area (Å²) in [4.78, 5) is 37.5. The van der Waals surface area contributed by atoms with Gasteiger partial charge < -0.3 is 0 Å². The Bertz CT molecular complexity index is 1060. The van der Waals surface area contributed by atoms with E-state index in [1.165, 1.54) is 29.2 Å². The van der Waals surface area contributed by atoms with Gasteiger partial charge in [0.15, 0.2) is 5.78 Å². The maximum Gasteiger partial charge on any atom is 0.163 e. The topological polar surface area (TPSA) is 51.2 Å². The van der Waals surface area contributed by atoms with Gasteiger partial charge in [-0.2, -0.15) is 0 Å². The van der Waals surface area contributed by atoms with Crippen molar-refractivity contribution in [3.63, 3.8) is 0 Å². The second-order valence-corrected chi connectivity index (χ2v) is 11.4. The lowest BCUT2D eigenvalue weighted by Gasteiger charge is -2.33. The normalized spacial score (nSPS) is 16.5. The minimum atomic E-state index is -0.0744. The van der Waals surface area contributed by atoms with Crippen molar-refractivity contribution >= 4 is 17.3 Å². The fourth-order valence-electron chi connectivity index (χ4n) is 6.02.